The highest BCUT2D eigenvalue weighted by atomic mass is 32.2. The van der Waals surface area contributed by atoms with Crippen LogP contribution in [-0.4, -0.2) is 40.2 Å². The lowest BCUT2D eigenvalue weighted by atomic mass is 10.2. The average molecular weight is 342 g/mol. The summed E-state index contributed by atoms with van der Waals surface area (Å²) in [5.41, 5.74) is 0.333. The van der Waals surface area contributed by atoms with Gasteiger partial charge in [0.2, 0.25) is 15.9 Å². The fourth-order valence-corrected chi connectivity index (χ4v) is 3.43. The van der Waals surface area contributed by atoms with E-state index in [4.69, 9.17) is 9.47 Å². The van der Waals surface area contributed by atoms with Crippen LogP contribution >= 0.6 is 0 Å². The average Bonchev–Trinajstić information content (AvgIpc) is 3.00. The van der Waals surface area contributed by atoms with Crippen LogP contribution in [0.5, 0.6) is 5.75 Å². The number of benzene rings is 1. The van der Waals surface area contributed by atoms with Crippen molar-refractivity contribution in [2.75, 3.05) is 25.1 Å². The molecule has 0 unspecified atom stereocenters. The van der Waals surface area contributed by atoms with Crippen molar-refractivity contribution < 1.29 is 22.7 Å². The van der Waals surface area contributed by atoms with Crippen LogP contribution in [0, 0.1) is 0 Å². The normalized spacial score (nSPS) is 17.9. The largest absolute Gasteiger partial charge is 0.492 e. The minimum absolute atomic E-state index is 0.0719. The van der Waals surface area contributed by atoms with Crippen molar-refractivity contribution in [2.45, 2.75) is 37.7 Å². The highest BCUT2D eigenvalue weighted by molar-refractivity contribution is 7.89. The Morgan fingerprint density at radius 3 is 2.83 bits per heavy atom. The first-order valence-electron chi connectivity index (χ1n) is 7.58. The highest BCUT2D eigenvalue weighted by Gasteiger charge is 2.21. The summed E-state index contributed by atoms with van der Waals surface area (Å²) in [6.07, 6.45) is 1.72. The third-order valence-electron chi connectivity index (χ3n) is 3.40. The molecule has 1 fully saturated rings. The van der Waals surface area contributed by atoms with Crippen LogP contribution in [0.3, 0.4) is 0 Å². The lowest BCUT2D eigenvalue weighted by Crippen LogP contribution is -2.31. The van der Waals surface area contributed by atoms with Gasteiger partial charge in [0.1, 0.15) is 5.75 Å². The molecular formula is C15H22N2O5S. The Bertz CT molecular complexity index is 654. The monoisotopic (exact) mass is 342 g/mol. The maximum absolute atomic E-state index is 12.4. The molecule has 0 saturated carbocycles. The van der Waals surface area contributed by atoms with E-state index in [1.165, 1.54) is 25.1 Å². The Kier molecular flexibility index (Phi) is 5.97. The molecule has 1 atom stereocenters. The van der Waals surface area contributed by atoms with E-state index in [2.05, 4.69) is 10.0 Å². The van der Waals surface area contributed by atoms with Crippen LogP contribution < -0.4 is 14.8 Å². The Morgan fingerprint density at radius 1 is 1.43 bits per heavy atom. The van der Waals surface area contributed by atoms with Gasteiger partial charge in [-0.15, -0.1) is 0 Å². The van der Waals surface area contributed by atoms with Crippen molar-refractivity contribution in [3.63, 3.8) is 0 Å². The van der Waals surface area contributed by atoms with Crippen LogP contribution in [-0.2, 0) is 19.6 Å². The number of nitrogens with one attached hydrogen (secondary N) is 2. The fourth-order valence-electron chi connectivity index (χ4n) is 2.34. The highest BCUT2D eigenvalue weighted by Crippen LogP contribution is 2.28. The predicted molar refractivity (Wildman–Crippen MR) is 86.1 cm³/mol. The molecule has 8 heteroatoms. The van der Waals surface area contributed by atoms with E-state index in [0.29, 0.717) is 24.7 Å². The van der Waals surface area contributed by atoms with Crippen LogP contribution in [0.2, 0.25) is 0 Å². The van der Waals surface area contributed by atoms with Gasteiger partial charge in [-0.05, 0) is 38.0 Å². The molecule has 0 radical (unpaired) electrons. The zero-order valence-corrected chi connectivity index (χ0v) is 14.1. The molecule has 0 spiro atoms. The van der Waals surface area contributed by atoms with E-state index in [0.717, 1.165) is 12.8 Å². The second-order valence-electron chi connectivity index (χ2n) is 5.26. The zero-order chi connectivity index (χ0) is 16.9. The van der Waals surface area contributed by atoms with Crippen LogP contribution in [0.25, 0.3) is 0 Å². The van der Waals surface area contributed by atoms with Crippen molar-refractivity contribution in [3.8, 4) is 5.75 Å². The third-order valence-corrected chi connectivity index (χ3v) is 4.82. The van der Waals surface area contributed by atoms with Crippen molar-refractivity contribution in [1.29, 1.82) is 0 Å². The minimum Gasteiger partial charge on any atom is -0.492 e. The number of carbonyl (C=O) groups excluding carboxylic acids is 1. The lowest BCUT2D eigenvalue weighted by molar-refractivity contribution is -0.114. The zero-order valence-electron chi connectivity index (χ0n) is 13.3. The molecule has 2 N–H and O–H groups in total. The Labute approximate surface area is 136 Å². The summed E-state index contributed by atoms with van der Waals surface area (Å²) in [5.74, 6) is 0.133. The summed E-state index contributed by atoms with van der Waals surface area (Å²) >= 11 is 0. The van der Waals surface area contributed by atoms with Gasteiger partial charge in [-0.3, -0.25) is 4.79 Å². The molecule has 1 aliphatic rings. The van der Waals surface area contributed by atoms with Crippen molar-refractivity contribution in [2.24, 2.45) is 0 Å². The number of sulfonamides is 1. The molecule has 7 nitrogen and oxygen atoms in total. The first-order valence-corrected chi connectivity index (χ1v) is 9.06. The number of hydrogen-bond acceptors (Lipinski definition) is 5. The number of ether oxygens (including phenoxy) is 2. The first-order chi connectivity index (χ1) is 10.9. The number of rotatable bonds is 7. The molecule has 0 aliphatic carbocycles. The molecular weight excluding hydrogens is 320 g/mol. The molecule has 2 rings (SSSR count). The van der Waals surface area contributed by atoms with Gasteiger partial charge in [0.05, 0.1) is 23.3 Å². The molecule has 1 saturated heterocycles. The standard InChI is InChI=1S/C15H22N2O5S/c1-3-21-15-7-6-13(9-14(15)17-11(2)18)23(19,20)16-10-12-5-4-8-22-12/h6-7,9,12,16H,3-5,8,10H2,1-2H3,(H,17,18)/t12-/m1/s1. The van der Waals surface area contributed by atoms with Gasteiger partial charge < -0.3 is 14.8 Å². The van der Waals surface area contributed by atoms with Gasteiger partial charge in [-0.25, -0.2) is 13.1 Å². The number of carbonyl (C=O) groups is 1. The molecule has 1 aliphatic heterocycles. The maximum atomic E-state index is 12.4. The van der Waals surface area contributed by atoms with Crippen molar-refractivity contribution in [1.82, 2.24) is 4.72 Å². The first kappa shape index (κ1) is 17.7. The maximum Gasteiger partial charge on any atom is 0.240 e. The Hall–Kier alpha value is -1.64. The predicted octanol–water partition coefficient (Wildman–Crippen LogP) is 1.50. The van der Waals surface area contributed by atoms with E-state index >= 15 is 0 Å². The van der Waals surface area contributed by atoms with Crippen LogP contribution in [0.1, 0.15) is 26.7 Å². The smallest absolute Gasteiger partial charge is 0.240 e. The third kappa shape index (κ3) is 4.92. The molecule has 1 aromatic carbocycles. The van der Waals surface area contributed by atoms with Gasteiger partial charge in [0, 0.05) is 20.1 Å². The number of amides is 1. The Balaban J connectivity index is 2.17. The van der Waals surface area contributed by atoms with Crippen LogP contribution in [0.4, 0.5) is 5.69 Å². The molecule has 0 bridgehead atoms. The Morgan fingerprint density at radius 2 is 2.22 bits per heavy atom. The second kappa shape index (κ2) is 7.76. The number of anilines is 1. The summed E-state index contributed by atoms with van der Waals surface area (Å²) in [7, 11) is -3.67. The number of hydrogen-bond donors (Lipinski definition) is 2. The molecule has 128 valence electrons. The van der Waals surface area contributed by atoms with Gasteiger partial charge in [-0.1, -0.05) is 0 Å². The van der Waals surface area contributed by atoms with Gasteiger partial charge >= 0.3 is 0 Å². The molecule has 1 aromatic rings. The van der Waals surface area contributed by atoms with Crippen molar-refractivity contribution >= 4 is 21.6 Å². The summed E-state index contributed by atoms with van der Waals surface area (Å²) in [6.45, 7) is 4.49. The van der Waals surface area contributed by atoms with Gasteiger partial charge in [0.25, 0.3) is 0 Å². The summed E-state index contributed by atoms with van der Waals surface area (Å²) in [4.78, 5) is 11.4. The summed E-state index contributed by atoms with van der Waals surface area (Å²) in [5, 5.41) is 2.59. The summed E-state index contributed by atoms with van der Waals surface area (Å²) in [6, 6.07) is 4.38. The minimum atomic E-state index is -3.67. The SMILES string of the molecule is CCOc1ccc(S(=O)(=O)NC[C@H]2CCCO2)cc1NC(C)=O. The molecule has 0 aromatic heterocycles. The molecule has 23 heavy (non-hydrogen) atoms. The second-order valence-corrected chi connectivity index (χ2v) is 7.03. The van der Waals surface area contributed by atoms with Crippen molar-refractivity contribution in [3.05, 3.63) is 18.2 Å². The van der Waals surface area contributed by atoms with Gasteiger partial charge in [0.15, 0.2) is 0 Å². The summed E-state index contributed by atoms with van der Waals surface area (Å²) < 4.78 is 38.1. The molecule has 1 heterocycles. The lowest BCUT2D eigenvalue weighted by Gasteiger charge is -2.14. The topological polar surface area (TPSA) is 93.7 Å². The quantitative estimate of drug-likeness (QED) is 0.783. The van der Waals surface area contributed by atoms with E-state index in [1.807, 2.05) is 6.92 Å². The van der Waals surface area contributed by atoms with Crippen LogP contribution in [0.15, 0.2) is 23.1 Å². The van der Waals surface area contributed by atoms with E-state index in [-0.39, 0.29) is 23.5 Å². The van der Waals surface area contributed by atoms with E-state index in [9.17, 15) is 13.2 Å². The van der Waals surface area contributed by atoms with E-state index in [1.54, 1.807) is 0 Å². The molecule has 1 amide bonds. The van der Waals surface area contributed by atoms with Gasteiger partial charge in [-0.2, -0.15) is 0 Å². The van der Waals surface area contributed by atoms with E-state index < -0.39 is 10.0 Å². The fraction of sp³-hybridized carbons (Fsp3) is 0.533.